The van der Waals surface area contributed by atoms with Gasteiger partial charge in [-0.2, -0.15) is 8.42 Å². The lowest BCUT2D eigenvalue weighted by molar-refractivity contribution is 0.480. The first-order valence-electron chi connectivity index (χ1n) is 4.32. The summed E-state index contributed by atoms with van der Waals surface area (Å²) >= 11 is 0. The van der Waals surface area contributed by atoms with Gasteiger partial charge in [0.2, 0.25) is 0 Å². The number of benzene rings is 1. The van der Waals surface area contributed by atoms with Gasteiger partial charge in [-0.1, -0.05) is 18.2 Å². The van der Waals surface area contributed by atoms with Gasteiger partial charge in [0, 0.05) is 11.6 Å². The van der Waals surface area contributed by atoms with Crippen molar-refractivity contribution >= 4 is 20.9 Å². The zero-order chi connectivity index (χ0) is 11.1. The highest BCUT2D eigenvalue weighted by molar-refractivity contribution is 7.86. The van der Waals surface area contributed by atoms with Crippen molar-refractivity contribution in [3.05, 3.63) is 36.0 Å². The summed E-state index contributed by atoms with van der Waals surface area (Å²) in [7, 11) is -4.26. The van der Waals surface area contributed by atoms with E-state index in [0.717, 1.165) is 10.9 Å². The molecule has 0 aliphatic heterocycles. The van der Waals surface area contributed by atoms with Crippen molar-refractivity contribution in [2.24, 2.45) is 0 Å². The Bertz CT molecular complexity index is 614. The van der Waals surface area contributed by atoms with E-state index in [4.69, 9.17) is 4.55 Å². The Labute approximate surface area is 87.3 Å². The molecule has 15 heavy (non-hydrogen) atoms. The molecule has 0 spiro atoms. The van der Waals surface area contributed by atoms with Crippen molar-refractivity contribution in [1.29, 1.82) is 0 Å². The smallest absolute Gasteiger partial charge is 0.281 e. The molecule has 2 rings (SSSR count). The second-order valence-electron chi connectivity index (χ2n) is 3.26. The number of aryl methyl sites for hydroxylation is 1. The van der Waals surface area contributed by atoms with Gasteiger partial charge in [0.1, 0.15) is 0 Å². The predicted molar refractivity (Wildman–Crippen MR) is 56.3 cm³/mol. The van der Waals surface area contributed by atoms with Crippen LogP contribution in [-0.2, 0) is 10.1 Å². The fraction of sp³-hybridized carbons (Fsp3) is 0.100. The Morgan fingerprint density at radius 2 is 2.00 bits per heavy atom. The van der Waals surface area contributed by atoms with Crippen LogP contribution in [0.15, 0.2) is 35.5 Å². The average molecular weight is 223 g/mol. The third-order valence-corrected chi connectivity index (χ3v) is 3.01. The van der Waals surface area contributed by atoms with Crippen LogP contribution in [-0.4, -0.2) is 18.0 Å². The molecular weight excluding hydrogens is 214 g/mol. The first-order chi connectivity index (χ1) is 7.00. The van der Waals surface area contributed by atoms with Crippen molar-refractivity contribution in [1.82, 2.24) is 4.98 Å². The zero-order valence-electron chi connectivity index (χ0n) is 8.01. The van der Waals surface area contributed by atoms with Crippen molar-refractivity contribution in [2.75, 3.05) is 0 Å². The molecule has 2 aromatic rings. The van der Waals surface area contributed by atoms with Crippen LogP contribution in [0.1, 0.15) is 5.56 Å². The average Bonchev–Trinajstić information content (AvgIpc) is 2.16. The van der Waals surface area contributed by atoms with E-state index in [-0.39, 0.29) is 5.03 Å². The third kappa shape index (κ3) is 1.71. The predicted octanol–water partition coefficient (Wildman–Crippen LogP) is 1.79. The number of hydrogen-bond donors (Lipinski definition) is 1. The lowest BCUT2D eigenvalue weighted by Gasteiger charge is -2.04. The summed E-state index contributed by atoms with van der Waals surface area (Å²) in [5, 5.41) is 0.943. The minimum atomic E-state index is -4.26. The van der Waals surface area contributed by atoms with Gasteiger partial charge < -0.3 is 0 Å². The topological polar surface area (TPSA) is 67.3 Å². The molecule has 78 valence electrons. The lowest BCUT2D eigenvalue weighted by Crippen LogP contribution is -2.02. The van der Waals surface area contributed by atoms with Gasteiger partial charge in [-0.15, -0.1) is 0 Å². The standard InChI is InChI=1S/C10H9NO3S/c1-7-3-2-4-8-5-6-11-10(9(7)8)15(12,13)14/h2-6H,1H3,(H,12,13,14). The zero-order valence-corrected chi connectivity index (χ0v) is 8.82. The van der Waals surface area contributed by atoms with Crippen LogP contribution in [0.25, 0.3) is 10.8 Å². The van der Waals surface area contributed by atoms with Gasteiger partial charge in [0.25, 0.3) is 0 Å². The quantitative estimate of drug-likeness (QED) is 0.748. The number of fused-ring (bicyclic) bond motifs is 1. The maximum absolute atomic E-state index is 11.1. The van der Waals surface area contributed by atoms with E-state index in [1.807, 2.05) is 6.07 Å². The maximum Gasteiger partial charge on any atom is 0.312 e. The molecule has 1 aromatic carbocycles. The Morgan fingerprint density at radius 1 is 1.27 bits per heavy atom. The van der Waals surface area contributed by atoms with Gasteiger partial charge in [-0.25, -0.2) is 4.98 Å². The van der Waals surface area contributed by atoms with Gasteiger partial charge in [-0.3, -0.25) is 4.55 Å². The minimum absolute atomic E-state index is 0.280. The Balaban J connectivity index is 2.99. The second kappa shape index (κ2) is 3.29. The lowest BCUT2D eigenvalue weighted by atomic mass is 10.1. The number of nitrogens with zero attached hydrogens (tertiary/aromatic N) is 1. The molecule has 0 amide bonds. The molecule has 0 atom stereocenters. The molecule has 0 saturated carbocycles. The largest absolute Gasteiger partial charge is 0.312 e. The molecule has 1 aromatic heterocycles. The van der Waals surface area contributed by atoms with Gasteiger partial charge in [-0.05, 0) is 23.9 Å². The molecule has 0 saturated heterocycles. The molecule has 0 radical (unpaired) electrons. The summed E-state index contributed by atoms with van der Waals surface area (Å²) in [5.41, 5.74) is 0.772. The number of aromatic nitrogens is 1. The number of rotatable bonds is 1. The Kier molecular flexibility index (Phi) is 2.21. The molecule has 0 aliphatic rings. The molecule has 1 heterocycles. The van der Waals surface area contributed by atoms with E-state index < -0.39 is 10.1 Å². The van der Waals surface area contributed by atoms with Crippen LogP contribution in [0.2, 0.25) is 0 Å². The molecule has 5 heteroatoms. The number of pyridine rings is 1. The monoisotopic (exact) mass is 223 g/mol. The maximum atomic E-state index is 11.1. The highest BCUT2D eigenvalue weighted by atomic mass is 32.2. The highest BCUT2D eigenvalue weighted by Crippen LogP contribution is 2.23. The Hall–Kier alpha value is -1.46. The first kappa shape index (κ1) is 10.1. The van der Waals surface area contributed by atoms with Crippen LogP contribution >= 0.6 is 0 Å². The molecule has 1 N–H and O–H groups in total. The van der Waals surface area contributed by atoms with E-state index in [0.29, 0.717) is 5.39 Å². The van der Waals surface area contributed by atoms with E-state index in [1.165, 1.54) is 6.20 Å². The van der Waals surface area contributed by atoms with Crippen LogP contribution in [0, 0.1) is 6.92 Å². The molecule has 0 unspecified atom stereocenters. The second-order valence-corrected chi connectivity index (χ2v) is 4.60. The van der Waals surface area contributed by atoms with E-state index in [2.05, 4.69) is 4.98 Å². The SMILES string of the molecule is Cc1cccc2ccnc(S(=O)(=O)O)c12. The van der Waals surface area contributed by atoms with E-state index in [9.17, 15) is 8.42 Å². The van der Waals surface area contributed by atoms with Gasteiger partial charge >= 0.3 is 10.1 Å². The van der Waals surface area contributed by atoms with Gasteiger partial charge in [0.15, 0.2) is 5.03 Å². The molecular formula is C10H9NO3S. The van der Waals surface area contributed by atoms with Crippen LogP contribution in [0.4, 0.5) is 0 Å². The fourth-order valence-corrected chi connectivity index (χ4v) is 2.30. The molecule has 0 bridgehead atoms. The highest BCUT2D eigenvalue weighted by Gasteiger charge is 2.16. The molecule has 4 nitrogen and oxygen atoms in total. The van der Waals surface area contributed by atoms with Gasteiger partial charge in [0.05, 0.1) is 0 Å². The van der Waals surface area contributed by atoms with Crippen molar-refractivity contribution in [3.8, 4) is 0 Å². The summed E-state index contributed by atoms with van der Waals surface area (Å²) in [6, 6.07) is 7.08. The summed E-state index contributed by atoms with van der Waals surface area (Å²) in [6.45, 7) is 1.78. The summed E-state index contributed by atoms with van der Waals surface area (Å²) in [5.74, 6) is 0. The first-order valence-corrected chi connectivity index (χ1v) is 5.76. The summed E-state index contributed by atoms with van der Waals surface area (Å²) in [6.07, 6.45) is 1.37. The van der Waals surface area contributed by atoms with Crippen LogP contribution in [0.5, 0.6) is 0 Å². The minimum Gasteiger partial charge on any atom is -0.281 e. The normalized spacial score (nSPS) is 11.9. The van der Waals surface area contributed by atoms with Crippen molar-refractivity contribution in [3.63, 3.8) is 0 Å². The van der Waals surface area contributed by atoms with Crippen molar-refractivity contribution in [2.45, 2.75) is 11.9 Å². The third-order valence-electron chi connectivity index (χ3n) is 2.21. The molecule has 0 fully saturated rings. The molecule has 0 aliphatic carbocycles. The number of hydrogen-bond acceptors (Lipinski definition) is 3. The van der Waals surface area contributed by atoms with Crippen molar-refractivity contribution < 1.29 is 13.0 Å². The van der Waals surface area contributed by atoms with Crippen LogP contribution in [0.3, 0.4) is 0 Å². The summed E-state index contributed by atoms with van der Waals surface area (Å²) in [4.78, 5) is 3.70. The fourth-order valence-electron chi connectivity index (χ4n) is 1.57. The van der Waals surface area contributed by atoms with Crippen LogP contribution < -0.4 is 0 Å². The summed E-state index contributed by atoms with van der Waals surface area (Å²) < 4.78 is 31.2. The Morgan fingerprint density at radius 3 is 2.67 bits per heavy atom. The van der Waals surface area contributed by atoms with E-state index in [1.54, 1.807) is 25.1 Å². The van der Waals surface area contributed by atoms with E-state index >= 15 is 0 Å².